The van der Waals surface area contributed by atoms with Gasteiger partial charge in [0, 0.05) is 18.6 Å². The van der Waals surface area contributed by atoms with Crippen molar-refractivity contribution in [3.63, 3.8) is 0 Å². The molecule has 0 saturated carbocycles. The fourth-order valence-corrected chi connectivity index (χ4v) is 1.47. The second-order valence-electron chi connectivity index (χ2n) is 3.63. The summed E-state index contributed by atoms with van der Waals surface area (Å²) in [6.07, 6.45) is -3.62. The van der Waals surface area contributed by atoms with Gasteiger partial charge in [-0.25, -0.2) is 13.2 Å². The van der Waals surface area contributed by atoms with E-state index in [-0.39, 0.29) is 24.3 Å². The number of benzene rings is 1. The highest BCUT2D eigenvalue weighted by atomic mass is 19.3. The number of aliphatic hydroxyl groups excluding tert-OH is 1. The number of ether oxygens (including phenoxy) is 2. The fraction of sp³-hybridized carbons (Fsp3) is 0.500. The molecule has 0 amide bonds. The van der Waals surface area contributed by atoms with Crippen molar-refractivity contribution in [2.24, 2.45) is 0 Å². The molecule has 3 nitrogen and oxygen atoms in total. The Morgan fingerprint density at radius 1 is 1.33 bits per heavy atom. The van der Waals surface area contributed by atoms with Crippen molar-refractivity contribution in [3.05, 3.63) is 29.6 Å². The summed E-state index contributed by atoms with van der Waals surface area (Å²) in [5.74, 6) is -0.624. The number of halogens is 3. The van der Waals surface area contributed by atoms with Gasteiger partial charge in [-0.05, 0) is 6.07 Å². The number of rotatable bonds is 7. The average molecular weight is 264 g/mol. The first-order chi connectivity index (χ1) is 8.56. The first kappa shape index (κ1) is 14.8. The molecule has 0 radical (unpaired) electrons. The van der Waals surface area contributed by atoms with E-state index in [1.165, 1.54) is 19.2 Å². The molecule has 6 heteroatoms. The molecule has 1 atom stereocenters. The molecule has 0 bridgehead atoms. The normalized spacial score (nSPS) is 12.8. The van der Waals surface area contributed by atoms with Crippen molar-refractivity contribution in [2.45, 2.75) is 19.0 Å². The van der Waals surface area contributed by atoms with Crippen molar-refractivity contribution in [3.8, 4) is 5.75 Å². The third-order valence-electron chi connectivity index (χ3n) is 2.35. The van der Waals surface area contributed by atoms with Crippen LogP contribution in [0.5, 0.6) is 5.75 Å². The van der Waals surface area contributed by atoms with E-state index in [1.807, 2.05) is 0 Å². The Balaban J connectivity index is 2.53. The molecule has 1 aromatic carbocycles. The van der Waals surface area contributed by atoms with E-state index in [0.717, 1.165) is 0 Å². The van der Waals surface area contributed by atoms with E-state index in [1.54, 1.807) is 6.07 Å². The molecule has 0 spiro atoms. The maximum atomic E-state index is 13.7. The molecule has 0 fully saturated rings. The monoisotopic (exact) mass is 264 g/mol. The SMILES string of the molecule is COc1cccc(C(O)CCOCC(F)F)c1F. The van der Waals surface area contributed by atoms with Crippen LogP contribution in [0.4, 0.5) is 13.2 Å². The van der Waals surface area contributed by atoms with Gasteiger partial charge in [0.2, 0.25) is 0 Å². The van der Waals surface area contributed by atoms with E-state index in [0.29, 0.717) is 0 Å². The van der Waals surface area contributed by atoms with E-state index in [4.69, 9.17) is 4.74 Å². The quantitative estimate of drug-likeness (QED) is 0.769. The van der Waals surface area contributed by atoms with Crippen LogP contribution in [0.15, 0.2) is 18.2 Å². The number of methoxy groups -OCH3 is 1. The molecule has 0 saturated heterocycles. The topological polar surface area (TPSA) is 38.7 Å². The van der Waals surface area contributed by atoms with E-state index >= 15 is 0 Å². The predicted molar refractivity (Wildman–Crippen MR) is 59.4 cm³/mol. The van der Waals surface area contributed by atoms with Crippen LogP contribution in [0.3, 0.4) is 0 Å². The van der Waals surface area contributed by atoms with Crippen molar-refractivity contribution in [1.29, 1.82) is 0 Å². The second-order valence-corrected chi connectivity index (χ2v) is 3.63. The lowest BCUT2D eigenvalue weighted by molar-refractivity contribution is 0.00445. The van der Waals surface area contributed by atoms with Crippen LogP contribution in [0.25, 0.3) is 0 Å². The molecule has 18 heavy (non-hydrogen) atoms. The Morgan fingerprint density at radius 2 is 2.06 bits per heavy atom. The summed E-state index contributed by atoms with van der Waals surface area (Å²) in [7, 11) is 1.32. The predicted octanol–water partition coefficient (Wildman–Crippen LogP) is 2.54. The minimum absolute atomic E-state index is 0.0278. The van der Waals surface area contributed by atoms with E-state index in [2.05, 4.69) is 4.74 Å². The van der Waals surface area contributed by atoms with Gasteiger partial charge < -0.3 is 14.6 Å². The summed E-state index contributed by atoms with van der Waals surface area (Å²) in [5, 5.41) is 9.72. The molecular weight excluding hydrogens is 249 g/mol. The van der Waals surface area contributed by atoms with Crippen LogP contribution in [-0.2, 0) is 4.74 Å². The first-order valence-electron chi connectivity index (χ1n) is 5.42. The molecule has 1 N–H and O–H groups in total. The molecule has 0 aliphatic rings. The van der Waals surface area contributed by atoms with Gasteiger partial charge in [0.1, 0.15) is 6.61 Å². The zero-order valence-corrected chi connectivity index (χ0v) is 9.91. The van der Waals surface area contributed by atoms with Gasteiger partial charge in [0.05, 0.1) is 13.2 Å². The first-order valence-corrected chi connectivity index (χ1v) is 5.42. The number of hydrogen-bond donors (Lipinski definition) is 1. The zero-order valence-electron chi connectivity index (χ0n) is 9.91. The Kier molecular flexibility index (Phi) is 5.94. The maximum absolute atomic E-state index is 13.7. The number of alkyl halides is 2. The van der Waals surface area contributed by atoms with E-state index in [9.17, 15) is 18.3 Å². The molecule has 1 aromatic rings. The Labute approximate surface area is 103 Å². The maximum Gasteiger partial charge on any atom is 0.261 e. The third-order valence-corrected chi connectivity index (χ3v) is 2.35. The minimum atomic E-state index is -2.55. The lowest BCUT2D eigenvalue weighted by atomic mass is 10.1. The second kappa shape index (κ2) is 7.23. The van der Waals surface area contributed by atoms with Gasteiger partial charge in [0.25, 0.3) is 6.43 Å². The van der Waals surface area contributed by atoms with Crippen LogP contribution in [0, 0.1) is 5.82 Å². The molecule has 0 heterocycles. The number of aliphatic hydroxyl groups is 1. The van der Waals surface area contributed by atoms with Crippen molar-refractivity contribution in [2.75, 3.05) is 20.3 Å². The van der Waals surface area contributed by atoms with Crippen LogP contribution in [-0.4, -0.2) is 31.9 Å². The van der Waals surface area contributed by atoms with E-state index < -0.39 is 25.0 Å². The molecule has 0 aliphatic carbocycles. The summed E-state index contributed by atoms with van der Waals surface area (Å²) in [5.41, 5.74) is 0.0648. The molecule has 0 aromatic heterocycles. The fourth-order valence-electron chi connectivity index (χ4n) is 1.47. The lowest BCUT2D eigenvalue weighted by Gasteiger charge is -2.13. The van der Waals surface area contributed by atoms with Gasteiger partial charge in [-0.3, -0.25) is 0 Å². The highest BCUT2D eigenvalue weighted by Crippen LogP contribution is 2.26. The summed E-state index contributed by atoms with van der Waals surface area (Å²) >= 11 is 0. The molecule has 1 rings (SSSR count). The standard InChI is InChI=1S/C12H15F3O3/c1-17-10-4-2-3-8(12(10)15)9(16)5-6-18-7-11(13)14/h2-4,9,11,16H,5-7H2,1H3. The highest BCUT2D eigenvalue weighted by Gasteiger charge is 2.16. The number of hydrogen-bond acceptors (Lipinski definition) is 3. The van der Waals surface area contributed by atoms with Crippen LogP contribution < -0.4 is 4.74 Å². The molecule has 102 valence electrons. The van der Waals surface area contributed by atoms with Gasteiger partial charge in [-0.1, -0.05) is 12.1 Å². The summed E-state index contributed by atoms with van der Waals surface area (Å²) in [6.45, 7) is -0.754. The minimum Gasteiger partial charge on any atom is -0.494 e. The highest BCUT2D eigenvalue weighted by molar-refractivity contribution is 5.32. The van der Waals surface area contributed by atoms with Gasteiger partial charge >= 0.3 is 0 Å². The van der Waals surface area contributed by atoms with Gasteiger partial charge in [-0.15, -0.1) is 0 Å². The van der Waals surface area contributed by atoms with Gasteiger partial charge in [0.15, 0.2) is 11.6 Å². The molecule has 1 unspecified atom stereocenters. The summed E-state index contributed by atoms with van der Waals surface area (Å²) in [6, 6.07) is 4.38. The Morgan fingerprint density at radius 3 is 2.67 bits per heavy atom. The summed E-state index contributed by atoms with van der Waals surface area (Å²) in [4.78, 5) is 0. The van der Waals surface area contributed by atoms with Crippen LogP contribution in [0.2, 0.25) is 0 Å². The molecule has 0 aliphatic heterocycles. The van der Waals surface area contributed by atoms with Crippen LogP contribution in [0.1, 0.15) is 18.1 Å². The smallest absolute Gasteiger partial charge is 0.261 e. The lowest BCUT2D eigenvalue weighted by Crippen LogP contribution is -2.09. The van der Waals surface area contributed by atoms with Crippen molar-refractivity contribution < 1.29 is 27.8 Å². The Bertz CT molecular complexity index is 372. The zero-order chi connectivity index (χ0) is 13.5. The summed E-state index contributed by atoms with van der Waals surface area (Å²) < 4.78 is 46.7. The van der Waals surface area contributed by atoms with Gasteiger partial charge in [-0.2, -0.15) is 0 Å². The largest absolute Gasteiger partial charge is 0.494 e. The Hall–Kier alpha value is -1.27. The van der Waals surface area contributed by atoms with Crippen LogP contribution >= 0.6 is 0 Å². The third kappa shape index (κ3) is 4.19. The average Bonchev–Trinajstić information content (AvgIpc) is 2.34. The molecular formula is C12H15F3O3. The van der Waals surface area contributed by atoms with Crippen molar-refractivity contribution >= 4 is 0 Å². The van der Waals surface area contributed by atoms with Crippen molar-refractivity contribution in [1.82, 2.24) is 0 Å².